The molecule has 0 amide bonds. The molecule has 0 unspecified atom stereocenters. The Bertz CT molecular complexity index is 2190. The third-order valence-electron chi connectivity index (χ3n) is 8.22. The molecule has 210 valence electrons. The van der Waals surface area contributed by atoms with E-state index in [1.807, 2.05) is 58.3 Å². The van der Waals surface area contributed by atoms with Crippen LogP contribution in [0, 0.1) is 35.8 Å². The maximum atomic E-state index is 9.17. The van der Waals surface area contributed by atoms with Crippen molar-refractivity contribution in [2.24, 2.45) is 0 Å². The molecule has 0 bridgehead atoms. The van der Waals surface area contributed by atoms with Crippen LogP contribution < -0.4 is 0 Å². The van der Waals surface area contributed by atoms with E-state index in [1.165, 1.54) is 64.0 Å². The van der Waals surface area contributed by atoms with E-state index in [-0.39, 0.29) is 16.8 Å². The molecule has 0 aromatic carbocycles. The van der Waals surface area contributed by atoms with Crippen LogP contribution in [0.3, 0.4) is 0 Å². The van der Waals surface area contributed by atoms with E-state index >= 15 is 0 Å². The Balaban J connectivity index is 1.22. The van der Waals surface area contributed by atoms with Gasteiger partial charge in [0.05, 0.1) is 49.3 Å². The SMILES string of the molecule is [C-]#[N+]/C(C#N)=C\c1ccc(-c2cc3sc4c(c3s2)C2(CCCCC2)c2c-4sc3nc(-c4ccc(/C=C(\C#N)[N+]#[C-])s4)sc23)s1. The number of thiophene rings is 5. The summed E-state index contributed by atoms with van der Waals surface area (Å²) in [7, 11) is 0. The average molecular weight is 676 g/mol. The first kappa shape index (κ1) is 27.6. The van der Waals surface area contributed by atoms with Gasteiger partial charge >= 0.3 is 0 Å². The highest BCUT2D eigenvalue weighted by Gasteiger charge is 2.49. The first-order valence-electron chi connectivity index (χ1n) is 13.7. The Morgan fingerprint density at radius 2 is 1.39 bits per heavy atom. The molecule has 2 aliphatic rings. The van der Waals surface area contributed by atoms with Crippen molar-refractivity contribution < 1.29 is 0 Å². The predicted molar refractivity (Wildman–Crippen MR) is 187 cm³/mol. The maximum Gasteiger partial charge on any atom is 0.263 e. The van der Waals surface area contributed by atoms with E-state index in [9.17, 15) is 5.26 Å². The Morgan fingerprint density at radius 1 is 0.750 bits per heavy atom. The van der Waals surface area contributed by atoms with Crippen LogP contribution in [0.25, 0.3) is 70.2 Å². The second-order valence-electron chi connectivity index (χ2n) is 10.6. The summed E-state index contributed by atoms with van der Waals surface area (Å²) in [5.74, 6) is 0. The molecule has 0 aliphatic heterocycles. The minimum Gasteiger partial charge on any atom is -0.227 e. The van der Waals surface area contributed by atoms with Crippen LogP contribution in [0.1, 0.15) is 53.0 Å². The van der Waals surface area contributed by atoms with Gasteiger partial charge in [-0.05, 0) is 55.3 Å². The van der Waals surface area contributed by atoms with Crippen molar-refractivity contribution in [2.45, 2.75) is 37.5 Å². The number of hydrogen-bond donors (Lipinski definition) is 0. The zero-order chi connectivity index (χ0) is 30.0. The minimum absolute atomic E-state index is 0.0205. The summed E-state index contributed by atoms with van der Waals surface area (Å²) in [6, 6.07) is 14.4. The minimum atomic E-state index is 0.0205. The lowest BCUT2D eigenvalue weighted by atomic mass is 9.68. The maximum absolute atomic E-state index is 9.17. The lowest BCUT2D eigenvalue weighted by Crippen LogP contribution is -2.27. The van der Waals surface area contributed by atoms with Crippen LogP contribution in [0.4, 0.5) is 0 Å². The van der Waals surface area contributed by atoms with Crippen LogP contribution in [-0.4, -0.2) is 4.98 Å². The summed E-state index contributed by atoms with van der Waals surface area (Å²) >= 11 is 10.6. The van der Waals surface area contributed by atoms with Crippen LogP contribution >= 0.6 is 68.0 Å². The summed E-state index contributed by atoms with van der Waals surface area (Å²) in [4.78, 5) is 21.0. The van der Waals surface area contributed by atoms with E-state index in [0.717, 1.165) is 37.3 Å². The van der Waals surface area contributed by atoms with Gasteiger partial charge in [-0.25, -0.2) is 25.2 Å². The van der Waals surface area contributed by atoms with Crippen molar-refractivity contribution in [3.63, 3.8) is 0 Å². The molecule has 11 heteroatoms. The largest absolute Gasteiger partial charge is 0.263 e. The van der Waals surface area contributed by atoms with Gasteiger partial charge in [-0.3, -0.25) is 0 Å². The topological polar surface area (TPSA) is 69.2 Å². The highest BCUT2D eigenvalue weighted by molar-refractivity contribution is 7.36. The second-order valence-corrected chi connectivity index (χ2v) is 17.0. The number of thiazole rings is 1. The van der Waals surface area contributed by atoms with Crippen LogP contribution in [0.2, 0.25) is 0 Å². The van der Waals surface area contributed by atoms with Crippen LogP contribution in [-0.2, 0) is 5.41 Å². The number of hydrogen-bond acceptors (Lipinski definition) is 9. The quantitative estimate of drug-likeness (QED) is 0.138. The lowest BCUT2D eigenvalue weighted by Gasteiger charge is -2.35. The van der Waals surface area contributed by atoms with Gasteiger partial charge in [0.2, 0.25) is 0 Å². The first-order valence-corrected chi connectivity index (χ1v) is 18.6. The van der Waals surface area contributed by atoms with Gasteiger partial charge in [0.1, 0.15) is 9.84 Å². The van der Waals surface area contributed by atoms with Crippen molar-refractivity contribution in [1.29, 1.82) is 10.5 Å². The van der Waals surface area contributed by atoms with Gasteiger partial charge in [-0.15, -0.1) is 68.0 Å². The molecule has 1 saturated carbocycles. The molecule has 0 radical (unpaired) electrons. The molecule has 1 spiro atoms. The third kappa shape index (κ3) is 4.17. The monoisotopic (exact) mass is 675 g/mol. The molecule has 6 heterocycles. The predicted octanol–water partition coefficient (Wildman–Crippen LogP) is 11.9. The average Bonchev–Trinajstić information content (AvgIpc) is 3.87. The van der Waals surface area contributed by atoms with Crippen molar-refractivity contribution in [2.75, 3.05) is 0 Å². The summed E-state index contributed by atoms with van der Waals surface area (Å²) in [5, 5.41) is 19.3. The number of nitrogens with zero attached hydrogens (tertiary/aromatic N) is 5. The number of fused-ring (bicyclic) bond motifs is 9. The summed E-state index contributed by atoms with van der Waals surface area (Å²) in [6.07, 6.45) is 9.37. The number of rotatable bonds is 4. The Morgan fingerprint density at radius 3 is 2.07 bits per heavy atom. The summed E-state index contributed by atoms with van der Waals surface area (Å²) in [6.45, 7) is 14.4. The molecule has 6 aromatic heterocycles. The highest BCUT2D eigenvalue weighted by Crippen LogP contribution is 2.66. The molecular weight excluding hydrogens is 659 g/mol. The molecule has 0 atom stereocenters. The van der Waals surface area contributed by atoms with E-state index in [0.29, 0.717) is 0 Å². The van der Waals surface area contributed by atoms with Crippen molar-refractivity contribution in [3.8, 4) is 41.5 Å². The van der Waals surface area contributed by atoms with Gasteiger partial charge < -0.3 is 0 Å². The molecule has 1 fully saturated rings. The van der Waals surface area contributed by atoms with Crippen LogP contribution in [0.5, 0.6) is 0 Å². The van der Waals surface area contributed by atoms with Gasteiger partial charge in [-0.1, -0.05) is 19.3 Å². The lowest BCUT2D eigenvalue weighted by molar-refractivity contribution is 0.358. The first-order chi connectivity index (χ1) is 21.5. The molecule has 2 aliphatic carbocycles. The molecule has 6 aromatic rings. The molecule has 44 heavy (non-hydrogen) atoms. The molecule has 5 nitrogen and oxygen atoms in total. The number of nitriles is 2. The third-order valence-corrected chi connectivity index (χ3v) is 15.5. The van der Waals surface area contributed by atoms with Gasteiger partial charge in [0, 0.05) is 40.8 Å². The molecule has 0 saturated heterocycles. The van der Waals surface area contributed by atoms with Crippen LogP contribution in [0.15, 0.2) is 41.7 Å². The van der Waals surface area contributed by atoms with E-state index in [2.05, 4.69) is 27.9 Å². The van der Waals surface area contributed by atoms with E-state index in [4.69, 9.17) is 23.4 Å². The van der Waals surface area contributed by atoms with Crippen molar-refractivity contribution in [3.05, 3.63) is 85.4 Å². The molecule has 8 rings (SSSR count). The normalized spacial score (nSPS) is 15.6. The summed E-state index contributed by atoms with van der Waals surface area (Å²) < 4.78 is 4.08. The zero-order valence-electron chi connectivity index (χ0n) is 22.8. The summed E-state index contributed by atoms with van der Waals surface area (Å²) in [5.41, 5.74) is 3.26. The Kier molecular flexibility index (Phi) is 6.67. The number of allylic oxidation sites excluding steroid dienone is 2. The highest BCUT2D eigenvalue weighted by atomic mass is 32.1. The fourth-order valence-electron chi connectivity index (χ4n) is 6.43. The standard InChI is InChI=1S/C33H17N5S6/c1-36-17(15-34)12-19-6-8-21(39-19)23-14-24-27(41-23)25-28(42-24)29-26(33(25)10-4-3-5-11-33)30-32(43-29)38-31(44-30)22-9-7-20(40-22)13-18(16-35)37-2/h6-9,12-14H,3-5,10-11H2/b17-12-,18-13+. The Labute approximate surface area is 277 Å². The van der Waals surface area contributed by atoms with E-state index in [1.54, 1.807) is 46.2 Å². The smallest absolute Gasteiger partial charge is 0.227 e. The molecule has 0 N–H and O–H groups in total. The van der Waals surface area contributed by atoms with Gasteiger partial charge in [0.15, 0.2) is 0 Å². The van der Waals surface area contributed by atoms with Crippen molar-refractivity contribution >= 4 is 99.1 Å². The Hall–Kier alpha value is -3.91. The van der Waals surface area contributed by atoms with Gasteiger partial charge in [-0.2, -0.15) is 0 Å². The molecular formula is C33H17N5S6. The van der Waals surface area contributed by atoms with Crippen molar-refractivity contribution in [1.82, 2.24) is 4.98 Å². The fraction of sp³-hybridized carbons (Fsp3) is 0.182. The zero-order valence-corrected chi connectivity index (χ0v) is 27.7. The fourth-order valence-corrected chi connectivity index (χ4v) is 14.1. The van der Waals surface area contributed by atoms with E-state index < -0.39 is 0 Å². The van der Waals surface area contributed by atoms with Gasteiger partial charge in [0.25, 0.3) is 11.4 Å². The second kappa shape index (κ2) is 10.6. The number of aromatic nitrogens is 1.